The first-order valence-corrected chi connectivity index (χ1v) is 8.83. The SMILES string of the molecule is N#Cc1cc(NCc2cccc(CN3CCC[C@@H](C(N)=O)C3)c2)ccn1. The third-order valence-corrected chi connectivity index (χ3v) is 4.68. The molecule has 0 bridgehead atoms. The van der Waals surface area contributed by atoms with E-state index >= 15 is 0 Å². The van der Waals surface area contributed by atoms with E-state index in [9.17, 15) is 4.79 Å². The van der Waals surface area contributed by atoms with Crippen molar-refractivity contribution in [3.8, 4) is 6.07 Å². The number of hydrogen-bond donors (Lipinski definition) is 2. The lowest BCUT2D eigenvalue weighted by Crippen LogP contribution is -2.40. The molecule has 1 amide bonds. The van der Waals surface area contributed by atoms with Gasteiger partial charge in [-0.2, -0.15) is 5.26 Å². The Bertz CT molecular complexity index is 814. The van der Waals surface area contributed by atoms with Crippen LogP contribution in [0.1, 0.15) is 29.7 Å². The number of likely N-dealkylation sites (tertiary alicyclic amines) is 1. The summed E-state index contributed by atoms with van der Waals surface area (Å²) in [5.41, 5.74) is 9.13. The van der Waals surface area contributed by atoms with E-state index in [1.54, 1.807) is 12.3 Å². The summed E-state index contributed by atoms with van der Waals surface area (Å²) in [6.45, 7) is 3.24. The van der Waals surface area contributed by atoms with Crippen LogP contribution >= 0.6 is 0 Å². The van der Waals surface area contributed by atoms with Gasteiger partial charge in [0.15, 0.2) is 0 Å². The maximum absolute atomic E-state index is 11.4. The maximum atomic E-state index is 11.4. The normalized spacial score (nSPS) is 17.4. The first-order chi connectivity index (χ1) is 12.6. The highest BCUT2D eigenvalue weighted by molar-refractivity contribution is 5.76. The van der Waals surface area contributed by atoms with Crippen molar-refractivity contribution < 1.29 is 4.79 Å². The van der Waals surface area contributed by atoms with E-state index in [4.69, 9.17) is 11.0 Å². The lowest BCUT2D eigenvalue weighted by atomic mass is 9.97. The average molecular weight is 349 g/mol. The molecule has 1 aliphatic heterocycles. The van der Waals surface area contributed by atoms with Crippen LogP contribution in [0.3, 0.4) is 0 Å². The van der Waals surface area contributed by atoms with Crippen LogP contribution in [0.2, 0.25) is 0 Å². The van der Waals surface area contributed by atoms with Gasteiger partial charge in [-0.3, -0.25) is 9.69 Å². The number of amides is 1. The monoisotopic (exact) mass is 349 g/mol. The highest BCUT2D eigenvalue weighted by atomic mass is 16.1. The number of carbonyl (C=O) groups excluding carboxylic acids is 1. The zero-order valence-electron chi connectivity index (χ0n) is 14.7. The molecule has 1 atom stereocenters. The highest BCUT2D eigenvalue weighted by Gasteiger charge is 2.23. The van der Waals surface area contributed by atoms with Gasteiger partial charge in [0, 0.05) is 31.5 Å². The van der Waals surface area contributed by atoms with Crippen molar-refractivity contribution in [2.24, 2.45) is 11.7 Å². The number of nitrogens with two attached hydrogens (primary N) is 1. The highest BCUT2D eigenvalue weighted by Crippen LogP contribution is 2.19. The number of nitrogens with one attached hydrogen (secondary N) is 1. The molecule has 6 nitrogen and oxygen atoms in total. The smallest absolute Gasteiger partial charge is 0.221 e. The van der Waals surface area contributed by atoms with Gasteiger partial charge < -0.3 is 11.1 Å². The summed E-state index contributed by atoms with van der Waals surface area (Å²) < 4.78 is 0. The minimum absolute atomic E-state index is 0.0328. The molecule has 0 saturated carbocycles. The number of nitriles is 1. The van der Waals surface area contributed by atoms with Crippen molar-refractivity contribution in [1.82, 2.24) is 9.88 Å². The number of benzene rings is 1. The molecule has 3 N–H and O–H groups in total. The fourth-order valence-corrected chi connectivity index (χ4v) is 3.33. The van der Waals surface area contributed by atoms with E-state index in [0.717, 1.165) is 38.2 Å². The van der Waals surface area contributed by atoms with E-state index in [1.165, 1.54) is 11.1 Å². The van der Waals surface area contributed by atoms with Crippen molar-refractivity contribution in [2.75, 3.05) is 18.4 Å². The molecule has 0 aliphatic carbocycles. The lowest BCUT2D eigenvalue weighted by molar-refractivity contribution is -0.123. The first kappa shape index (κ1) is 17.9. The summed E-state index contributed by atoms with van der Waals surface area (Å²) in [4.78, 5) is 17.7. The van der Waals surface area contributed by atoms with Crippen molar-refractivity contribution in [3.05, 3.63) is 59.4 Å². The van der Waals surface area contributed by atoms with Gasteiger partial charge in [0.2, 0.25) is 5.91 Å². The Balaban J connectivity index is 1.59. The summed E-state index contributed by atoms with van der Waals surface area (Å²) in [5.74, 6) is -0.226. The van der Waals surface area contributed by atoms with E-state index in [0.29, 0.717) is 12.2 Å². The van der Waals surface area contributed by atoms with Gasteiger partial charge in [-0.05, 0) is 42.6 Å². The molecular weight excluding hydrogens is 326 g/mol. The Morgan fingerprint density at radius 2 is 2.19 bits per heavy atom. The van der Waals surface area contributed by atoms with Crippen molar-refractivity contribution >= 4 is 11.6 Å². The van der Waals surface area contributed by atoms with Gasteiger partial charge in [0.05, 0.1) is 5.92 Å². The molecule has 0 spiro atoms. The fraction of sp³-hybridized carbons (Fsp3) is 0.350. The van der Waals surface area contributed by atoms with Gasteiger partial charge in [0.25, 0.3) is 0 Å². The molecule has 1 fully saturated rings. The first-order valence-electron chi connectivity index (χ1n) is 8.83. The predicted octanol–water partition coefficient (Wildman–Crippen LogP) is 2.26. The van der Waals surface area contributed by atoms with Crippen molar-refractivity contribution in [3.63, 3.8) is 0 Å². The van der Waals surface area contributed by atoms with Crippen LogP contribution < -0.4 is 11.1 Å². The number of piperidine rings is 1. The minimum atomic E-state index is -0.193. The van der Waals surface area contributed by atoms with Crippen LogP contribution in [0.4, 0.5) is 5.69 Å². The average Bonchev–Trinajstić information content (AvgIpc) is 2.67. The number of carbonyl (C=O) groups is 1. The second-order valence-corrected chi connectivity index (χ2v) is 6.69. The van der Waals surface area contributed by atoms with Gasteiger partial charge in [-0.15, -0.1) is 0 Å². The molecular formula is C20H23N5O. The topological polar surface area (TPSA) is 95.0 Å². The van der Waals surface area contributed by atoms with Gasteiger partial charge in [-0.25, -0.2) is 4.98 Å². The molecule has 1 aliphatic rings. The van der Waals surface area contributed by atoms with Gasteiger partial charge in [0.1, 0.15) is 11.8 Å². The van der Waals surface area contributed by atoms with E-state index in [1.807, 2.05) is 12.1 Å². The van der Waals surface area contributed by atoms with Crippen molar-refractivity contribution in [2.45, 2.75) is 25.9 Å². The Labute approximate surface area is 153 Å². The van der Waals surface area contributed by atoms with Gasteiger partial charge >= 0.3 is 0 Å². The predicted molar refractivity (Wildman–Crippen MR) is 99.9 cm³/mol. The molecule has 134 valence electrons. The third kappa shape index (κ3) is 4.80. The van der Waals surface area contributed by atoms with Crippen LogP contribution in [-0.2, 0) is 17.9 Å². The Kier molecular flexibility index (Phi) is 5.82. The molecule has 2 aromatic rings. The van der Waals surface area contributed by atoms with Crippen LogP contribution in [0.5, 0.6) is 0 Å². The molecule has 3 rings (SSSR count). The second kappa shape index (κ2) is 8.45. The van der Waals surface area contributed by atoms with Crippen LogP contribution in [0.15, 0.2) is 42.6 Å². The molecule has 1 aromatic heterocycles. The zero-order chi connectivity index (χ0) is 18.4. The second-order valence-electron chi connectivity index (χ2n) is 6.69. The van der Waals surface area contributed by atoms with Crippen LogP contribution in [0.25, 0.3) is 0 Å². The number of aromatic nitrogens is 1. The fourth-order valence-electron chi connectivity index (χ4n) is 3.33. The molecule has 0 unspecified atom stereocenters. The summed E-state index contributed by atoms with van der Waals surface area (Å²) in [6, 6.07) is 14.0. The minimum Gasteiger partial charge on any atom is -0.381 e. The zero-order valence-corrected chi connectivity index (χ0v) is 14.7. The number of nitrogens with zero attached hydrogens (tertiary/aromatic N) is 3. The Morgan fingerprint density at radius 1 is 1.35 bits per heavy atom. The Morgan fingerprint density at radius 3 is 3.00 bits per heavy atom. The lowest BCUT2D eigenvalue weighted by Gasteiger charge is -2.31. The maximum Gasteiger partial charge on any atom is 0.221 e. The largest absolute Gasteiger partial charge is 0.381 e. The summed E-state index contributed by atoms with van der Waals surface area (Å²) in [6.07, 6.45) is 3.54. The van der Waals surface area contributed by atoms with E-state index in [-0.39, 0.29) is 11.8 Å². The Hall–Kier alpha value is -2.91. The number of rotatable bonds is 6. The summed E-state index contributed by atoms with van der Waals surface area (Å²) in [5, 5.41) is 12.2. The quantitative estimate of drug-likeness (QED) is 0.834. The van der Waals surface area contributed by atoms with Crippen LogP contribution in [0, 0.1) is 17.2 Å². The van der Waals surface area contributed by atoms with Crippen molar-refractivity contribution in [1.29, 1.82) is 5.26 Å². The number of primary amides is 1. The van der Waals surface area contributed by atoms with E-state index in [2.05, 4.69) is 39.5 Å². The molecule has 6 heteroatoms. The standard InChI is InChI=1S/C20H23N5O/c21-11-19-10-18(6-7-23-19)24-12-15-3-1-4-16(9-15)13-25-8-2-5-17(14-25)20(22)26/h1,3-4,6-7,9-10,17H,2,5,8,12-14H2,(H2,22,26)(H,23,24)/t17-/m1/s1. The molecule has 1 aromatic carbocycles. The number of hydrogen-bond acceptors (Lipinski definition) is 5. The number of anilines is 1. The summed E-state index contributed by atoms with van der Waals surface area (Å²) in [7, 11) is 0. The number of pyridine rings is 1. The van der Waals surface area contributed by atoms with Crippen LogP contribution in [-0.4, -0.2) is 28.9 Å². The third-order valence-electron chi connectivity index (χ3n) is 4.68. The molecule has 26 heavy (non-hydrogen) atoms. The summed E-state index contributed by atoms with van der Waals surface area (Å²) >= 11 is 0. The molecule has 2 heterocycles. The van der Waals surface area contributed by atoms with Gasteiger partial charge in [-0.1, -0.05) is 24.3 Å². The van der Waals surface area contributed by atoms with E-state index < -0.39 is 0 Å². The molecule has 1 saturated heterocycles. The molecule has 0 radical (unpaired) electrons.